The topological polar surface area (TPSA) is 90.5 Å². The van der Waals surface area contributed by atoms with Crippen molar-refractivity contribution in [2.75, 3.05) is 33.8 Å². The summed E-state index contributed by atoms with van der Waals surface area (Å²) in [6, 6.07) is 0. The third kappa shape index (κ3) is 7.47. The molecule has 1 spiro atoms. The predicted octanol–water partition coefficient (Wildman–Crippen LogP) is 3.54. The van der Waals surface area contributed by atoms with E-state index in [4.69, 9.17) is 14.6 Å². The predicted molar refractivity (Wildman–Crippen MR) is 111 cm³/mol. The van der Waals surface area contributed by atoms with Crippen molar-refractivity contribution in [1.82, 2.24) is 20.4 Å². The molecule has 3 N–H and O–H groups in total. The highest BCUT2D eigenvalue weighted by Crippen LogP contribution is 2.50. The van der Waals surface area contributed by atoms with E-state index in [0.717, 1.165) is 26.2 Å². The number of H-pyrrole nitrogens is 1. The van der Waals surface area contributed by atoms with Gasteiger partial charge in [0.2, 0.25) is 0 Å². The molecular formula is C21H35F3N4O3. The molecule has 7 nitrogen and oxygen atoms in total. The largest absolute Gasteiger partial charge is 0.490 e. The molecule has 178 valence electrons. The number of carboxylic acid groups (broad SMARTS) is 1. The molecule has 0 aromatic carbocycles. The van der Waals surface area contributed by atoms with Gasteiger partial charge < -0.3 is 15.2 Å². The lowest BCUT2D eigenvalue weighted by molar-refractivity contribution is -0.192. The third-order valence-corrected chi connectivity index (χ3v) is 6.07. The van der Waals surface area contributed by atoms with Crippen molar-refractivity contribution in [2.45, 2.75) is 70.2 Å². The Hall–Kier alpha value is -1.65. The van der Waals surface area contributed by atoms with Crippen LogP contribution in [0.3, 0.4) is 0 Å². The molecule has 2 fully saturated rings. The monoisotopic (exact) mass is 448 g/mol. The molecule has 2 aliphatic rings. The van der Waals surface area contributed by atoms with Crippen LogP contribution in [0.25, 0.3) is 0 Å². The molecule has 0 bridgehead atoms. The number of halogens is 3. The fourth-order valence-corrected chi connectivity index (χ4v) is 4.55. The molecule has 1 aliphatic carbocycles. The lowest BCUT2D eigenvalue weighted by atomic mass is 9.72. The summed E-state index contributed by atoms with van der Waals surface area (Å²) in [7, 11) is 4.17. The number of hydrogen-bond donors (Lipinski definition) is 3. The number of ether oxygens (including phenoxy) is 1. The minimum Gasteiger partial charge on any atom is -0.475 e. The van der Waals surface area contributed by atoms with Gasteiger partial charge in [-0.2, -0.15) is 18.3 Å². The number of carbonyl (C=O) groups is 1. The first-order valence-corrected chi connectivity index (χ1v) is 10.7. The minimum absolute atomic E-state index is 0.160. The number of aromatic amines is 1. The molecule has 1 aliphatic heterocycles. The van der Waals surface area contributed by atoms with Crippen LogP contribution in [0.2, 0.25) is 0 Å². The smallest absolute Gasteiger partial charge is 0.475 e. The number of alkyl halides is 3. The van der Waals surface area contributed by atoms with Crippen LogP contribution >= 0.6 is 0 Å². The zero-order valence-electron chi connectivity index (χ0n) is 18.8. The number of hydrogen-bond acceptors (Lipinski definition) is 5. The molecule has 1 saturated heterocycles. The van der Waals surface area contributed by atoms with E-state index in [-0.39, 0.29) is 5.60 Å². The normalized spacial score (nSPS) is 25.5. The number of aliphatic carboxylic acids is 1. The quantitative estimate of drug-likeness (QED) is 0.617. The van der Waals surface area contributed by atoms with Gasteiger partial charge in [0.25, 0.3) is 0 Å². The van der Waals surface area contributed by atoms with Crippen LogP contribution in [0.5, 0.6) is 0 Å². The van der Waals surface area contributed by atoms with Gasteiger partial charge in [0.05, 0.1) is 24.1 Å². The van der Waals surface area contributed by atoms with Gasteiger partial charge in [-0.3, -0.25) is 10.00 Å². The van der Waals surface area contributed by atoms with Crippen molar-refractivity contribution < 1.29 is 27.8 Å². The van der Waals surface area contributed by atoms with E-state index < -0.39 is 12.1 Å². The van der Waals surface area contributed by atoms with Gasteiger partial charge in [0.15, 0.2) is 0 Å². The SMILES string of the molecule is CNCCN(C)Cc1[nH]ncc1C1CCC2(CC1)CC(C)(C)CO2.O=C(O)C(F)(F)F. The summed E-state index contributed by atoms with van der Waals surface area (Å²) in [4.78, 5) is 11.2. The van der Waals surface area contributed by atoms with E-state index in [1.807, 2.05) is 7.05 Å². The maximum absolute atomic E-state index is 10.6. The maximum atomic E-state index is 10.6. The van der Waals surface area contributed by atoms with Crippen molar-refractivity contribution in [3.8, 4) is 0 Å². The Morgan fingerprint density at radius 2 is 2.00 bits per heavy atom. The molecule has 1 aromatic rings. The van der Waals surface area contributed by atoms with E-state index in [0.29, 0.717) is 11.3 Å². The Morgan fingerprint density at radius 1 is 1.39 bits per heavy atom. The Bertz CT molecular complexity index is 713. The summed E-state index contributed by atoms with van der Waals surface area (Å²) in [5.41, 5.74) is 3.23. The number of nitrogens with one attached hydrogen (secondary N) is 2. The van der Waals surface area contributed by atoms with Gasteiger partial charge in [-0.05, 0) is 63.1 Å². The average molecular weight is 449 g/mol. The molecule has 0 amide bonds. The summed E-state index contributed by atoms with van der Waals surface area (Å²) in [5.74, 6) is -2.12. The zero-order valence-corrected chi connectivity index (χ0v) is 18.8. The highest BCUT2D eigenvalue weighted by Gasteiger charge is 2.46. The van der Waals surface area contributed by atoms with Crippen LogP contribution in [0.15, 0.2) is 6.20 Å². The van der Waals surface area contributed by atoms with E-state index in [2.05, 4.69) is 47.5 Å². The van der Waals surface area contributed by atoms with Crippen LogP contribution in [0.4, 0.5) is 13.2 Å². The second kappa shape index (κ2) is 10.3. The summed E-state index contributed by atoms with van der Waals surface area (Å²) >= 11 is 0. The number of carboxylic acids is 1. The van der Waals surface area contributed by atoms with E-state index in [9.17, 15) is 13.2 Å². The molecular weight excluding hydrogens is 413 g/mol. The van der Waals surface area contributed by atoms with Gasteiger partial charge in [-0.25, -0.2) is 4.79 Å². The maximum Gasteiger partial charge on any atom is 0.490 e. The van der Waals surface area contributed by atoms with Crippen molar-refractivity contribution >= 4 is 5.97 Å². The molecule has 3 rings (SSSR count). The van der Waals surface area contributed by atoms with Crippen LogP contribution < -0.4 is 5.32 Å². The number of likely N-dealkylation sites (N-methyl/N-ethyl adjacent to an activating group) is 2. The van der Waals surface area contributed by atoms with Gasteiger partial charge in [0, 0.05) is 19.6 Å². The Balaban J connectivity index is 0.000000423. The summed E-state index contributed by atoms with van der Waals surface area (Å²) in [5, 5.41) is 17.9. The van der Waals surface area contributed by atoms with E-state index in [1.165, 1.54) is 43.4 Å². The average Bonchev–Trinajstić information content (AvgIpc) is 3.24. The fraction of sp³-hybridized carbons (Fsp3) is 0.810. The Morgan fingerprint density at radius 3 is 2.48 bits per heavy atom. The van der Waals surface area contributed by atoms with Gasteiger partial charge in [-0.15, -0.1) is 0 Å². The standard InChI is InChI=1S/C19H34N4O.C2HF3O2/c1-18(2)13-19(24-14-18)7-5-15(6-8-19)16-11-21-22-17(16)12-23(4)10-9-20-3;3-2(4,5)1(6)7/h11,15,20H,5-10,12-14H2,1-4H3,(H,21,22);(H,6,7). The molecule has 1 saturated carbocycles. The van der Waals surface area contributed by atoms with E-state index >= 15 is 0 Å². The Labute approximate surface area is 181 Å². The second-order valence-electron chi connectivity index (χ2n) is 9.54. The first kappa shape index (κ1) is 25.6. The van der Waals surface area contributed by atoms with Crippen molar-refractivity contribution in [3.05, 3.63) is 17.5 Å². The van der Waals surface area contributed by atoms with Crippen LogP contribution in [0, 0.1) is 5.41 Å². The summed E-state index contributed by atoms with van der Waals surface area (Å²) < 4.78 is 38.0. The molecule has 0 unspecified atom stereocenters. The molecule has 31 heavy (non-hydrogen) atoms. The lowest BCUT2D eigenvalue weighted by Gasteiger charge is -2.37. The van der Waals surface area contributed by atoms with Crippen molar-refractivity contribution in [2.24, 2.45) is 5.41 Å². The number of aromatic nitrogens is 2. The van der Waals surface area contributed by atoms with Gasteiger partial charge in [-0.1, -0.05) is 13.8 Å². The summed E-state index contributed by atoms with van der Waals surface area (Å²) in [6.45, 7) is 8.60. The molecule has 0 atom stereocenters. The summed E-state index contributed by atoms with van der Waals surface area (Å²) in [6.07, 6.45) is 3.04. The number of rotatable bonds is 6. The van der Waals surface area contributed by atoms with Gasteiger partial charge >= 0.3 is 12.1 Å². The molecule has 1 aromatic heterocycles. The molecule has 10 heteroatoms. The van der Waals surface area contributed by atoms with Crippen LogP contribution in [0.1, 0.15) is 63.1 Å². The molecule has 0 radical (unpaired) electrons. The highest BCUT2D eigenvalue weighted by atomic mass is 19.4. The first-order valence-electron chi connectivity index (χ1n) is 10.7. The number of nitrogens with zero attached hydrogens (tertiary/aromatic N) is 2. The fourth-order valence-electron chi connectivity index (χ4n) is 4.55. The van der Waals surface area contributed by atoms with E-state index in [1.54, 1.807) is 0 Å². The second-order valence-corrected chi connectivity index (χ2v) is 9.54. The minimum atomic E-state index is -5.08. The van der Waals surface area contributed by atoms with Crippen molar-refractivity contribution in [3.63, 3.8) is 0 Å². The van der Waals surface area contributed by atoms with Crippen LogP contribution in [-0.4, -0.2) is 71.7 Å². The van der Waals surface area contributed by atoms with Crippen molar-refractivity contribution in [1.29, 1.82) is 0 Å². The first-order chi connectivity index (χ1) is 14.4. The Kier molecular flexibility index (Phi) is 8.52. The third-order valence-electron chi connectivity index (χ3n) is 6.07. The van der Waals surface area contributed by atoms with Gasteiger partial charge in [0.1, 0.15) is 0 Å². The zero-order chi connectivity index (χ0) is 23.3. The van der Waals surface area contributed by atoms with Crippen LogP contribution in [-0.2, 0) is 16.1 Å². The molecule has 2 heterocycles. The lowest BCUT2D eigenvalue weighted by Crippen LogP contribution is -2.33. The highest BCUT2D eigenvalue weighted by molar-refractivity contribution is 5.73.